The predicted molar refractivity (Wildman–Crippen MR) is 96.6 cm³/mol. The summed E-state index contributed by atoms with van der Waals surface area (Å²) < 4.78 is 12.2. The highest BCUT2D eigenvalue weighted by molar-refractivity contribution is 5.97. The second-order valence-corrected chi connectivity index (χ2v) is 5.64. The van der Waals surface area contributed by atoms with E-state index in [2.05, 4.69) is 14.9 Å². The van der Waals surface area contributed by atoms with Gasteiger partial charge >= 0.3 is 0 Å². The number of ether oxygens (including phenoxy) is 2. The summed E-state index contributed by atoms with van der Waals surface area (Å²) in [6, 6.07) is 13.3. The highest BCUT2D eigenvalue weighted by Crippen LogP contribution is 2.24. The molecule has 1 aromatic heterocycles. The van der Waals surface area contributed by atoms with E-state index in [0.29, 0.717) is 18.7 Å². The molecule has 0 aliphatic heterocycles. The fourth-order valence-corrected chi connectivity index (χ4v) is 2.77. The number of amides is 1. The quantitative estimate of drug-likeness (QED) is 0.701. The molecule has 130 valence electrons. The molecule has 0 bridgehead atoms. The van der Waals surface area contributed by atoms with E-state index in [1.54, 1.807) is 14.2 Å². The van der Waals surface area contributed by atoms with E-state index in [-0.39, 0.29) is 5.91 Å². The molecule has 6 heteroatoms. The number of carbonyl (C=O) groups is 1. The molecular formula is C19H21N3O3. The average molecular weight is 339 g/mol. The first-order valence-corrected chi connectivity index (χ1v) is 8.04. The summed E-state index contributed by atoms with van der Waals surface area (Å²) in [6.45, 7) is 2.91. The molecule has 0 aliphatic rings. The minimum atomic E-state index is -0.129. The molecule has 2 aromatic carbocycles. The Kier molecular flexibility index (Phi) is 5.00. The van der Waals surface area contributed by atoms with Gasteiger partial charge in [-0.05, 0) is 49.4 Å². The summed E-state index contributed by atoms with van der Waals surface area (Å²) >= 11 is 0. The van der Waals surface area contributed by atoms with Crippen LogP contribution in [-0.4, -0.2) is 42.8 Å². The number of nitrogens with one attached hydrogen (secondary N) is 1. The summed E-state index contributed by atoms with van der Waals surface area (Å²) in [5, 5.41) is 2.82. The van der Waals surface area contributed by atoms with Crippen LogP contribution in [0.4, 0.5) is 0 Å². The Morgan fingerprint density at radius 2 is 1.92 bits per heavy atom. The second kappa shape index (κ2) is 7.36. The van der Waals surface area contributed by atoms with Gasteiger partial charge in [0.15, 0.2) is 0 Å². The van der Waals surface area contributed by atoms with E-state index in [1.165, 1.54) is 0 Å². The van der Waals surface area contributed by atoms with Gasteiger partial charge in [-0.15, -0.1) is 0 Å². The van der Waals surface area contributed by atoms with Gasteiger partial charge in [0.1, 0.15) is 11.6 Å². The summed E-state index contributed by atoms with van der Waals surface area (Å²) in [7, 11) is 3.25. The lowest BCUT2D eigenvalue weighted by Crippen LogP contribution is -2.26. The fourth-order valence-electron chi connectivity index (χ4n) is 2.77. The minimum absolute atomic E-state index is 0.129. The highest BCUT2D eigenvalue weighted by Gasteiger charge is 2.12. The molecule has 3 rings (SSSR count). The number of hydrogen-bond donors (Lipinski definition) is 1. The van der Waals surface area contributed by atoms with Crippen LogP contribution in [0.3, 0.4) is 0 Å². The zero-order valence-electron chi connectivity index (χ0n) is 14.6. The molecule has 0 aliphatic carbocycles. The molecule has 0 radical (unpaired) electrons. The van der Waals surface area contributed by atoms with Crippen molar-refractivity contribution < 1.29 is 14.3 Å². The van der Waals surface area contributed by atoms with Crippen molar-refractivity contribution in [3.05, 3.63) is 53.9 Å². The van der Waals surface area contributed by atoms with Crippen LogP contribution in [0.1, 0.15) is 16.2 Å². The highest BCUT2D eigenvalue weighted by atomic mass is 16.5. The minimum Gasteiger partial charge on any atom is -0.497 e. The van der Waals surface area contributed by atoms with Crippen molar-refractivity contribution in [2.75, 3.05) is 27.4 Å². The number of hydrogen-bond acceptors (Lipinski definition) is 4. The molecule has 1 amide bonds. The molecule has 0 fully saturated rings. The third-order valence-corrected chi connectivity index (χ3v) is 4.01. The lowest BCUT2D eigenvalue weighted by Gasteiger charge is -2.08. The average Bonchev–Trinajstić information content (AvgIpc) is 2.96. The molecule has 0 saturated heterocycles. The first-order valence-electron chi connectivity index (χ1n) is 8.04. The van der Waals surface area contributed by atoms with Crippen molar-refractivity contribution in [1.29, 1.82) is 0 Å². The Morgan fingerprint density at radius 1 is 1.16 bits per heavy atom. The van der Waals surface area contributed by atoms with Crippen molar-refractivity contribution in [1.82, 2.24) is 14.9 Å². The molecule has 0 spiro atoms. The standard InChI is InChI=1S/C19H21N3O3/c1-13-21-17-12-14(19(23)20-10-11-24-2)4-9-18(17)22(13)15-5-7-16(25-3)8-6-15/h4-9,12H,10-11H2,1-3H3,(H,20,23). The van der Waals surface area contributed by atoms with Crippen LogP contribution in [0, 0.1) is 6.92 Å². The molecule has 3 aromatic rings. The maximum absolute atomic E-state index is 12.2. The first kappa shape index (κ1) is 17.0. The van der Waals surface area contributed by atoms with Crippen LogP contribution in [0.25, 0.3) is 16.7 Å². The lowest BCUT2D eigenvalue weighted by molar-refractivity contribution is 0.0937. The fraction of sp³-hybridized carbons (Fsp3) is 0.263. The van der Waals surface area contributed by atoms with Gasteiger partial charge in [-0.3, -0.25) is 9.36 Å². The SMILES string of the molecule is COCCNC(=O)c1ccc2c(c1)nc(C)n2-c1ccc(OC)cc1. The van der Waals surface area contributed by atoms with Crippen molar-refractivity contribution in [3.63, 3.8) is 0 Å². The van der Waals surface area contributed by atoms with Gasteiger partial charge in [-0.25, -0.2) is 4.98 Å². The Morgan fingerprint density at radius 3 is 2.60 bits per heavy atom. The van der Waals surface area contributed by atoms with Gasteiger partial charge in [0.2, 0.25) is 0 Å². The number of rotatable bonds is 6. The second-order valence-electron chi connectivity index (χ2n) is 5.64. The first-order chi connectivity index (χ1) is 12.1. The van der Waals surface area contributed by atoms with Crippen molar-refractivity contribution in [2.24, 2.45) is 0 Å². The number of carbonyl (C=O) groups excluding carboxylic acids is 1. The third kappa shape index (κ3) is 3.49. The maximum atomic E-state index is 12.2. The Bertz CT molecular complexity index is 885. The van der Waals surface area contributed by atoms with Crippen LogP contribution in [0.15, 0.2) is 42.5 Å². The van der Waals surface area contributed by atoms with Crippen LogP contribution in [-0.2, 0) is 4.74 Å². The van der Waals surface area contributed by atoms with Crippen LogP contribution in [0.2, 0.25) is 0 Å². The van der Waals surface area contributed by atoms with E-state index < -0.39 is 0 Å². The smallest absolute Gasteiger partial charge is 0.251 e. The molecule has 0 unspecified atom stereocenters. The molecule has 25 heavy (non-hydrogen) atoms. The van der Waals surface area contributed by atoms with E-state index in [0.717, 1.165) is 28.3 Å². The molecular weight excluding hydrogens is 318 g/mol. The lowest BCUT2D eigenvalue weighted by atomic mass is 10.2. The van der Waals surface area contributed by atoms with Crippen LogP contribution >= 0.6 is 0 Å². The normalized spacial score (nSPS) is 10.8. The largest absolute Gasteiger partial charge is 0.497 e. The van der Waals surface area contributed by atoms with Gasteiger partial charge in [-0.2, -0.15) is 0 Å². The zero-order valence-corrected chi connectivity index (χ0v) is 14.6. The number of nitrogens with zero attached hydrogens (tertiary/aromatic N) is 2. The number of aromatic nitrogens is 2. The molecule has 1 N–H and O–H groups in total. The van der Waals surface area contributed by atoms with Gasteiger partial charge in [0, 0.05) is 24.9 Å². The molecule has 1 heterocycles. The zero-order chi connectivity index (χ0) is 17.8. The van der Waals surface area contributed by atoms with E-state index in [1.807, 2.05) is 49.4 Å². The Hall–Kier alpha value is -2.86. The number of fused-ring (bicyclic) bond motifs is 1. The third-order valence-electron chi connectivity index (χ3n) is 4.01. The number of imidazole rings is 1. The summed E-state index contributed by atoms with van der Waals surface area (Å²) in [5.74, 6) is 1.54. The number of benzene rings is 2. The Balaban J connectivity index is 1.93. The molecule has 6 nitrogen and oxygen atoms in total. The maximum Gasteiger partial charge on any atom is 0.251 e. The molecule has 0 atom stereocenters. The van der Waals surface area contributed by atoms with Crippen molar-refractivity contribution in [3.8, 4) is 11.4 Å². The van der Waals surface area contributed by atoms with Crippen molar-refractivity contribution in [2.45, 2.75) is 6.92 Å². The topological polar surface area (TPSA) is 65.4 Å². The number of aryl methyl sites for hydroxylation is 1. The number of methoxy groups -OCH3 is 2. The van der Waals surface area contributed by atoms with Gasteiger partial charge in [0.25, 0.3) is 5.91 Å². The van der Waals surface area contributed by atoms with Gasteiger partial charge < -0.3 is 14.8 Å². The summed E-state index contributed by atoms with van der Waals surface area (Å²) in [6.07, 6.45) is 0. The van der Waals surface area contributed by atoms with Crippen molar-refractivity contribution >= 4 is 16.9 Å². The van der Waals surface area contributed by atoms with E-state index in [4.69, 9.17) is 9.47 Å². The van der Waals surface area contributed by atoms with Crippen LogP contribution in [0.5, 0.6) is 5.75 Å². The van der Waals surface area contributed by atoms with Gasteiger partial charge in [0.05, 0.1) is 24.8 Å². The van der Waals surface area contributed by atoms with E-state index >= 15 is 0 Å². The summed E-state index contributed by atoms with van der Waals surface area (Å²) in [4.78, 5) is 16.8. The van der Waals surface area contributed by atoms with Gasteiger partial charge in [-0.1, -0.05) is 0 Å². The Labute approximate surface area is 146 Å². The monoisotopic (exact) mass is 339 g/mol. The predicted octanol–water partition coefficient (Wildman–Crippen LogP) is 2.72. The summed E-state index contributed by atoms with van der Waals surface area (Å²) in [5.41, 5.74) is 3.32. The van der Waals surface area contributed by atoms with Crippen LogP contribution < -0.4 is 10.1 Å². The van der Waals surface area contributed by atoms with E-state index in [9.17, 15) is 4.79 Å². The molecule has 0 saturated carbocycles.